The summed E-state index contributed by atoms with van der Waals surface area (Å²) in [7, 11) is 3.17. The summed E-state index contributed by atoms with van der Waals surface area (Å²) < 4.78 is 12.0. The molecule has 2 fully saturated rings. The lowest BCUT2D eigenvalue weighted by molar-refractivity contribution is -0.136. The summed E-state index contributed by atoms with van der Waals surface area (Å²) in [6.07, 6.45) is 3.55. The van der Waals surface area contributed by atoms with Gasteiger partial charge in [-0.15, -0.1) is 10.2 Å². The maximum Gasteiger partial charge on any atom is 0.248 e. The molecule has 138 valence electrons. The lowest BCUT2D eigenvalue weighted by atomic mass is 10.1. The van der Waals surface area contributed by atoms with Gasteiger partial charge in [0.2, 0.25) is 11.8 Å². The molecule has 9 nitrogen and oxygen atoms in total. The molecule has 0 bridgehead atoms. The fraction of sp³-hybridized carbons (Fsp3) is 0.750. The second-order valence-electron chi connectivity index (χ2n) is 6.42. The van der Waals surface area contributed by atoms with Gasteiger partial charge >= 0.3 is 0 Å². The molecule has 0 aromatic carbocycles. The van der Waals surface area contributed by atoms with Crippen LogP contribution in [0.15, 0.2) is 6.33 Å². The molecular formula is C16H25N5O4. The third-order valence-electron chi connectivity index (χ3n) is 5.01. The van der Waals surface area contributed by atoms with Crippen LogP contribution < -0.4 is 0 Å². The van der Waals surface area contributed by atoms with E-state index in [0.717, 1.165) is 12.2 Å². The Bertz CT molecular complexity index is 619. The van der Waals surface area contributed by atoms with E-state index in [1.54, 1.807) is 18.3 Å². The maximum atomic E-state index is 12.4. The van der Waals surface area contributed by atoms with Crippen molar-refractivity contribution in [3.63, 3.8) is 0 Å². The number of nitrogens with zero attached hydrogens (tertiary/aromatic N) is 5. The minimum Gasteiger partial charge on any atom is -0.383 e. The highest BCUT2D eigenvalue weighted by atomic mass is 16.5. The van der Waals surface area contributed by atoms with E-state index in [1.165, 1.54) is 7.11 Å². The van der Waals surface area contributed by atoms with E-state index >= 15 is 0 Å². The summed E-state index contributed by atoms with van der Waals surface area (Å²) in [5.74, 6) is 0.912. The quantitative estimate of drug-likeness (QED) is 0.616. The Labute approximate surface area is 146 Å². The average molecular weight is 351 g/mol. The number of carbonyl (C=O) groups is 2. The Morgan fingerprint density at radius 1 is 1.28 bits per heavy atom. The smallest absolute Gasteiger partial charge is 0.248 e. The highest BCUT2D eigenvalue weighted by Gasteiger charge is 2.47. The number of ether oxygens (including phenoxy) is 2. The molecule has 25 heavy (non-hydrogen) atoms. The summed E-state index contributed by atoms with van der Waals surface area (Å²) in [4.78, 5) is 28.3. The zero-order valence-electron chi connectivity index (χ0n) is 14.8. The van der Waals surface area contributed by atoms with E-state index in [9.17, 15) is 9.59 Å². The van der Waals surface area contributed by atoms with Crippen molar-refractivity contribution in [3.8, 4) is 0 Å². The summed E-state index contributed by atoms with van der Waals surface area (Å²) >= 11 is 0. The highest BCUT2D eigenvalue weighted by molar-refractivity contribution is 5.84. The second kappa shape index (κ2) is 7.92. The van der Waals surface area contributed by atoms with Gasteiger partial charge in [-0.3, -0.25) is 9.59 Å². The van der Waals surface area contributed by atoms with E-state index in [0.29, 0.717) is 39.1 Å². The summed E-state index contributed by atoms with van der Waals surface area (Å²) in [6.45, 7) is 2.64. The van der Waals surface area contributed by atoms with Crippen LogP contribution in [0.25, 0.3) is 0 Å². The molecule has 0 N–H and O–H groups in total. The van der Waals surface area contributed by atoms with Gasteiger partial charge in [0.25, 0.3) is 0 Å². The zero-order chi connectivity index (χ0) is 17.8. The predicted octanol–water partition coefficient (Wildman–Crippen LogP) is -0.685. The number of amides is 2. The van der Waals surface area contributed by atoms with Crippen molar-refractivity contribution in [3.05, 3.63) is 12.2 Å². The normalized spacial score (nSPS) is 22.7. The van der Waals surface area contributed by atoms with E-state index in [4.69, 9.17) is 9.47 Å². The topological polar surface area (TPSA) is 89.8 Å². The van der Waals surface area contributed by atoms with Crippen molar-refractivity contribution in [2.75, 3.05) is 40.5 Å². The molecule has 2 atom stereocenters. The van der Waals surface area contributed by atoms with Gasteiger partial charge in [0.05, 0.1) is 18.7 Å². The largest absolute Gasteiger partial charge is 0.383 e. The van der Waals surface area contributed by atoms with Crippen LogP contribution in [0, 0.1) is 0 Å². The van der Waals surface area contributed by atoms with E-state index in [1.807, 2.05) is 9.47 Å². The van der Waals surface area contributed by atoms with Crippen LogP contribution in [0.5, 0.6) is 0 Å². The van der Waals surface area contributed by atoms with Crippen LogP contribution in [0.2, 0.25) is 0 Å². The van der Waals surface area contributed by atoms with Crippen molar-refractivity contribution in [1.29, 1.82) is 0 Å². The molecule has 3 rings (SSSR count). The van der Waals surface area contributed by atoms with Crippen LogP contribution in [0.1, 0.15) is 18.7 Å². The molecule has 2 saturated heterocycles. The number of carbonyl (C=O) groups excluding carboxylic acids is 2. The summed E-state index contributed by atoms with van der Waals surface area (Å²) in [6, 6.07) is 0.0742. The van der Waals surface area contributed by atoms with E-state index < -0.39 is 0 Å². The minimum absolute atomic E-state index is 0.0264. The van der Waals surface area contributed by atoms with Gasteiger partial charge in [-0.2, -0.15) is 0 Å². The van der Waals surface area contributed by atoms with Crippen LogP contribution in [0.4, 0.5) is 0 Å². The maximum absolute atomic E-state index is 12.4. The van der Waals surface area contributed by atoms with Crippen molar-refractivity contribution < 1.29 is 19.1 Å². The van der Waals surface area contributed by atoms with Crippen molar-refractivity contribution in [2.24, 2.45) is 0 Å². The standard InChI is InChI=1S/C16H25N5O4/c1-24-8-7-19-11-17-18-14(19)4-6-20-12-3-5-21(16(23)10-25-2)13(12)9-15(20)22/h11-13H,3-10H2,1-2H3/t12-,13-/m0/s1. The van der Waals surface area contributed by atoms with E-state index in [2.05, 4.69) is 10.2 Å². The third-order valence-corrected chi connectivity index (χ3v) is 5.01. The Morgan fingerprint density at radius 2 is 2.12 bits per heavy atom. The monoisotopic (exact) mass is 351 g/mol. The number of rotatable bonds is 8. The molecule has 1 aromatic heterocycles. The summed E-state index contributed by atoms with van der Waals surface area (Å²) in [5, 5.41) is 8.10. The Balaban J connectivity index is 1.60. The number of hydrogen-bond donors (Lipinski definition) is 0. The lowest BCUT2D eigenvalue weighted by Gasteiger charge is -2.25. The van der Waals surface area contributed by atoms with Crippen molar-refractivity contribution >= 4 is 11.8 Å². The predicted molar refractivity (Wildman–Crippen MR) is 87.7 cm³/mol. The number of fused-ring (bicyclic) bond motifs is 1. The van der Waals surface area contributed by atoms with Gasteiger partial charge in [0, 0.05) is 46.7 Å². The van der Waals surface area contributed by atoms with Crippen molar-refractivity contribution in [2.45, 2.75) is 37.9 Å². The van der Waals surface area contributed by atoms with Crippen LogP contribution in [-0.2, 0) is 32.0 Å². The average Bonchev–Trinajstić information content (AvgIpc) is 3.27. The Morgan fingerprint density at radius 3 is 2.88 bits per heavy atom. The van der Waals surface area contributed by atoms with Gasteiger partial charge in [0.15, 0.2) is 0 Å². The number of hydrogen-bond acceptors (Lipinski definition) is 6. The number of aromatic nitrogens is 3. The molecule has 0 radical (unpaired) electrons. The minimum atomic E-state index is -0.0380. The zero-order valence-corrected chi connectivity index (χ0v) is 14.8. The first-order chi connectivity index (χ1) is 12.2. The SMILES string of the molecule is COCCn1cnnc1CCN1C(=O)C[C@H]2[C@@H]1CCN2C(=O)COC. The molecule has 2 aliphatic rings. The highest BCUT2D eigenvalue weighted by Crippen LogP contribution is 2.32. The molecule has 0 unspecified atom stereocenters. The number of likely N-dealkylation sites (tertiary alicyclic amines) is 2. The first kappa shape index (κ1) is 17.8. The van der Waals surface area contributed by atoms with Gasteiger partial charge in [-0.05, 0) is 6.42 Å². The van der Waals surface area contributed by atoms with Crippen LogP contribution >= 0.6 is 0 Å². The van der Waals surface area contributed by atoms with Crippen LogP contribution in [-0.4, -0.2) is 89.0 Å². The first-order valence-electron chi connectivity index (χ1n) is 8.59. The fourth-order valence-corrected chi connectivity index (χ4v) is 3.80. The number of methoxy groups -OCH3 is 2. The fourth-order valence-electron chi connectivity index (χ4n) is 3.80. The second-order valence-corrected chi connectivity index (χ2v) is 6.42. The Kier molecular flexibility index (Phi) is 5.64. The summed E-state index contributed by atoms with van der Waals surface area (Å²) in [5.41, 5.74) is 0. The first-order valence-corrected chi connectivity index (χ1v) is 8.59. The van der Waals surface area contributed by atoms with Gasteiger partial charge in [-0.25, -0.2) is 0 Å². The van der Waals surface area contributed by atoms with Gasteiger partial charge in [-0.1, -0.05) is 0 Å². The molecular weight excluding hydrogens is 326 g/mol. The third kappa shape index (κ3) is 3.67. The molecule has 0 aliphatic carbocycles. The van der Waals surface area contributed by atoms with Gasteiger partial charge < -0.3 is 23.8 Å². The van der Waals surface area contributed by atoms with Crippen LogP contribution in [0.3, 0.4) is 0 Å². The Hall–Kier alpha value is -2.00. The van der Waals surface area contributed by atoms with Crippen molar-refractivity contribution in [1.82, 2.24) is 24.6 Å². The molecule has 0 spiro atoms. The van der Waals surface area contributed by atoms with E-state index in [-0.39, 0.29) is 30.5 Å². The molecule has 2 aliphatic heterocycles. The van der Waals surface area contributed by atoms with Gasteiger partial charge in [0.1, 0.15) is 18.8 Å². The molecule has 0 saturated carbocycles. The molecule has 9 heteroatoms. The lowest BCUT2D eigenvalue weighted by Crippen LogP contribution is -2.41. The molecule has 3 heterocycles. The molecule has 1 aromatic rings. The molecule has 2 amide bonds.